The molecule has 0 radical (unpaired) electrons. The molecule has 0 aliphatic heterocycles. The van der Waals surface area contributed by atoms with Gasteiger partial charge in [-0.05, 0) is 18.5 Å². The van der Waals surface area contributed by atoms with Gasteiger partial charge in [0.25, 0.3) is 0 Å². The second-order valence-electron chi connectivity index (χ2n) is 4.91. The van der Waals surface area contributed by atoms with E-state index >= 15 is 0 Å². The molecule has 1 atom stereocenters. The quantitative estimate of drug-likeness (QED) is 0.549. The zero-order chi connectivity index (χ0) is 13.9. The van der Waals surface area contributed by atoms with Crippen molar-refractivity contribution < 1.29 is 9.53 Å². The second-order valence-corrected chi connectivity index (χ2v) is 4.91. The molecule has 0 bridgehead atoms. The number of ether oxygens (including phenoxy) is 1. The average Bonchev–Trinajstić information content (AvgIpc) is 2.45. The molecule has 1 aromatic carbocycles. The molecule has 0 aromatic heterocycles. The van der Waals surface area contributed by atoms with Crippen molar-refractivity contribution in [2.75, 3.05) is 13.1 Å². The molecule has 0 spiro atoms. The van der Waals surface area contributed by atoms with Crippen LogP contribution in [0.4, 0.5) is 0 Å². The number of benzene rings is 1. The van der Waals surface area contributed by atoms with Crippen molar-refractivity contribution in [3.8, 4) is 0 Å². The SMILES string of the molecule is CCCCCNCC(C)C(=O)OCc1ccccc1. The molecule has 1 N–H and O–H groups in total. The fraction of sp³-hybridized carbons (Fsp3) is 0.562. The highest BCUT2D eigenvalue weighted by atomic mass is 16.5. The minimum Gasteiger partial charge on any atom is -0.461 e. The molecular formula is C16H25NO2. The highest BCUT2D eigenvalue weighted by Gasteiger charge is 2.13. The molecule has 106 valence electrons. The zero-order valence-corrected chi connectivity index (χ0v) is 12.0. The van der Waals surface area contributed by atoms with E-state index in [1.54, 1.807) is 0 Å². The van der Waals surface area contributed by atoms with Crippen molar-refractivity contribution in [3.05, 3.63) is 35.9 Å². The molecule has 3 heteroatoms. The van der Waals surface area contributed by atoms with Crippen molar-refractivity contribution >= 4 is 5.97 Å². The molecule has 1 aromatic rings. The van der Waals surface area contributed by atoms with E-state index in [2.05, 4.69) is 12.2 Å². The molecule has 0 heterocycles. The van der Waals surface area contributed by atoms with Gasteiger partial charge in [0, 0.05) is 6.54 Å². The standard InChI is InChI=1S/C16H25NO2/c1-3-4-8-11-17-12-14(2)16(18)19-13-15-9-6-5-7-10-15/h5-7,9-10,14,17H,3-4,8,11-13H2,1-2H3. The van der Waals surface area contributed by atoms with E-state index in [9.17, 15) is 4.79 Å². The van der Waals surface area contributed by atoms with Gasteiger partial charge in [-0.15, -0.1) is 0 Å². The van der Waals surface area contributed by atoms with Crippen LogP contribution >= 0.6 is 0 Å². The molecule has 3 nitrogen and oxygen atoms in total. The van der Waals surface area contributed by atoms with Crippen LogP contribution in [-0.2, 0) is 16.1 Å². The number of unbranched alkanes of at least 4 members (excludes halogenated alkanes) is 2. The number of rotatable bonds is 9. The van der Waals surface area contributed by atoms with Crippen molar-refractivity contribution in [2.45, 2.75) is 39.7 Å². The Morgan fingerprint density at radius 3 is 2.68 bits per heavy atom. The van der Waals surface area contributed by atoms with Crippen molar-refractivity contribution in [3.63, 3.8) is 0 Å². The predicted molar refractivity (Wildman–Crippen MR) is 77.8 cm³/mol. The molecule has 19 heavy (non-hydrogen) atoms. The van der Waals surface area contributed by atoms with Gasteiger partial charge in [-0.25, -0.2) is 0 Å². The molecule has 0 amide bonds. The van der Waals surface area contributed by atoms with Crippen molar-refractivity contribution in [1.82, 2.24) is 5.32 Å². The predicted octanol–water partition coefficient (Wildman–Crippen LogP) is 3.15. The monoisotopic (exact) mass is 263 g/mol. The summed E-state index contributed by atoms with van der Waals surface area (Å²) in [6, 6.07) is 9.76. The molecule has 0 saturated carbocycles. The van der Waals surface area contributed by atoms with Crippen LogP contribution in [0, 0.1) is 5.92 Å². The van der Waals surface area contributed by atoms with Crippen LogP contribution in [0.25, 0.3) is 0 Å². The van der Waals surface area contributed by atoms with E-state index in [0.29, 0.717) is 13.2 Å². The minimum atomic E-state index is -0.133. The van der Waals surface area contributed by atoms with Crippen LogP contribution < -0.4 is 5.32 Å². The summed E-state index contributed by atoms with van der Waals surface area (Å²) >= 11 is 0. The lowest BCUT2D eigenvalue weighted by Crippen LogP contribution is -2.28. The largest absolute Gasteiger partial charge is 0.461 e. The van der Waals surface area contributed by atoms with E-state index in [4.69, 9.17) is 4.74 Å². The maximum absolute atomic E-state index is 11.8. The van der Waals surface area contributed by atoms with E-state index in [1.165, 1.54) is 19.3 Å². The first-order chi connectivity index (χ1) is 9.24. The lowest BCUT2D eigenvalue weighted by atomic mass is 10.2. The normalized spacial score (nSPS) is 12.1. The summed E-state index contributed by atoms with van der Waals surface area (Å²) in [5, 5.41) is 3.30. The fourth-order valence-electron chi connectivity index (χ4n) is 1.77. The minimum absolute atomic E-state index is 0.0923. The summed E-state index contributed by atoms with van der Waals surface area (Å²) in [5.74, 6) is -0.225. The maximum atomic E-state index is 11.8. The Hall–Kier alpha value is -1.35. The summed E-state index contributed by atoms with van der Waals surface area (Å²) in [6.07, 6.45) is 3.62. The number of carbonyl (C=O) groups is 1. The highest BCUT2D eigenvalue weighted by Crippen LogP contribution is 2.04. The smallest absolute Gasteiger partial charge is 0.310 e. The van der Waals surface area contributed by atoms with Gasteiger partial charge in [0.2, 0.25) is 0 Å². The van der Waals surface area contributed by atoms with Crippen LogP contribution in [0.15, 0.2) is 30.3 Å². The third kappa shape index (κ3) is 6.97. The number of carbonyl (C=O) groups excluding carboxylic acids is 1. The summed E-state index contributed by atoms with van der Waals surface area (Å²) < 4.78 is 5.29. The molecule has 1 rings (SSSR count). The first-order valence-corrected chi connectivity index (χ1v) is 7.15. The van der Waals surface area contributed by atoms with Crippen LogP contribution in [0.2, 0.25) is 0 Å². The van der Waals surface area contributed by atoms with Crippen molar-refractivity contribution in [2.24, 2.45) is 5.92 Å². The first kappa shape index (κ1) is 15.7. The van der Waals surface area contributed by atoms with Gasteiger partial charge in [0.15, 0.2) is 0 Å². The Morgan fingerprint density at radius 2 is 2.00 bits per heavy atom. The topological polar surface area (TPSA) is 38.3 Å². The van der Waals surface area contributed by atoms with Gasteiger partial charge in [-0.2, -0.15) is 0 Å². The van der Waals surface area contributed by atoms with E-state index in [1.807, 2.05) is 37.3 Å². The van der Waals surface area contributed by atoms with Crippen LogP contribution in [0.5, 0.6) is 0 Å². The number of esters is 1. The molecule has 0 saturated heterocycles. The molecule has 0 aliphatic carbocycles. The average molecular weight is 263 g/mol. The summed E-state index contributed by atoms with van der Waals surface area (Å²) in [5.41, 5.74) is 1.03. The maximum Gasteiger partial charge on any atom is 0.310 e. The number of hydrogen-bond donors (Lipinski definition) is 1. The molecular weight excluding hydrogens is 238 g/mol. The molecule has 0 fully saturated rings. The van der Waals surface area contributed by atoms with Gasteiger partial charge < -0.3 is 10.1 Å². The van der Waals surface area contributed by atoms with Gasteiger partial charge >= 0.3 is 5.97 Å². The fourth-order valence-corrected chi connectivity index (χ4v) is 1.77. The van der Waals surface area contributed by atoms with Crippen molar-refractivity contribution in [1.29, 1.82) is 0 Å². The van der Waals surface area contributed by atoms with Gasteiger partial charge in [-0.3, -0.25) is 4.79 Å². The third-order valence-corrected chi connectivity index (χ3v) is 3.03. The Labute approximate surface area is 116 Å². The summed E-state index contributed by atoms with van der Waals surface area (Å²) in [4.78, 5) is 11.8. The van der Waals surface area contributed by atoms with Gasteiger partial charge in [0.1, 0.15) is 6.61 Å². The van der Waals surface area contributed by atoms with E-state index in [0.717, 1.165) is 12.1 Å². The lowest BCUT2D eigenvalue weighted by molar-refractivity contribution is -0.149. The van der Waals surface area contributed by atoms with E-state index in [-0.39, 0.29) is 11.9 Å². The van der Waals surface area contributed by atoms with Crippen LogP contribution in [-0.4, -0.2) is 19.1 Å². The Kier molecular flexibility index (Phi) is 7.91. The number of nitrogens with one attached hydrogen (secondary N) is 1. The summed E-state index contributed by atoms with van der Waals surface area (Å²) in [7, 11) is 0. The highest BCUT2D eigenvalue weighted by molar-refractivity contribution is 5.72. The van der Waals surface area contributed by atoms with Gasteiger partial charge in [-0.1, -0.05) is 57.0 Å². The molecule has 0 aliphatic rings. The third-order valence-electron chi connectivity index (χ3n) is 3.03. The summed E-state index contributed by atoms with van der Waals surface area (Å²) in [6.45, 7) is 6.12. The Morgan fingerprint density at radius 1 is 1.26 bits per heavy atom. The van der Waals surface area contributed by atoms with Crippen LogP contribution in [0.1, 0.15) is 38.7 Å². The zero-order valence-electron chi connectivity index (χ0n) is 12.0. The number of hydrogen-bond acceptors (Lipinski definition) is 3. The first-order valence-electron chi connectivity index (χ1n) is 7.15. The van der Waals surface area contributed by atoms with Gasteiger partial charge in [0.05, 0.1) is 5.92 Å². The Balaban J connectivity index is 2.14. The second kappa shape index (κ2) is 9.56. The molecule has 1 unspecified atom stereocenters. The van der Waals surface area contributed by atoms with Crippen LogP contribution in [0.3, 0.4) is 0 Å². The van der Waals surface area contributed by atoms with E-state index < -0.39 is 0 Å². The Bertz CT molecular complexity index is 351. The lowest BCUT2D eigenvalue weighted by Gasteiger charge is -2.12.